The van der Waals surface area contributed by atoms with E-state index in [1.165, 1.54) is 16.7 Å². The minimum absolute atomic E-state index is 0.00712. The van der Waals surface area contributed by atoms with E-state index in [4.69, 9.17) is 4.74 Å². The van der Waals surface area contributed by atoms with Crippen LogP contribution in [0.3, 0.4) is 0 Å². The summed E-state index contributed by atoms with van der Waals surface area (Å²) in [6, 6.07) is 10.5. The predicted octanol–water partition coefficient (Wildman–Crippen LogP) is 3.50. The highest BCUT2D eigenvalue weighted by atomic mass is 32.2. The molecule has 0 bridgehead atoms. The number of ether oxygens (including phenoxy) is 1. The fraction of sp³-hybridized carbons (Fsp3) is 0.200. The Balaban J connectivity index is 1.77. The first-order chi connectivity index (χ1) is 12.7. The average Bonchev–Trinajstić information content (AvgIpc) is 3.14. The van der Waals surface area contributed by atoms with Crippen LogP contribution in [0.5, 0.6) is 5.75 Å². The van der Waals surface area contributed by atoms with Crippen molar-refractivity contribution in [1.29, 1.82) is 0 Å². The van der Waals surface area contributed by atoms with Crippen LogP contribution in [0.15, 0.2) is 41.4 Å². The largest absolute Gasteiger partial charge is 0.475 e. The number of nitrogens with one attached hydrogen (secondary N) is 3. The molecular weight excluding hydrogens is 346 g/mol. The second-order valence-corrected chi connectivity index (χ2v) is 7.40. The first kappa shape index (κ1) is 15.5. The molecule has 0 atom stereocenters. The predicted molar refractivity (Wildman–Crippen MR) is 103 cm³/mol. The zero-order valence-corrected chi connectivity index (χ0v) is 15.1. The third-order valence-electron chi connectivity index (χ3n) is 4.89. The van der Waals surface area contributed by atoms with Gasteiger partial charge in [0.2, 0.25) is 11.7 Å². The number of carbonyl (C=O) groups is 1. The molecule has 5 rings (SSSR count). The molecule has 2 aromatic carbocycles. The number of pyridine rings is 1. The topological polar surface area (TPSA) is 64.5 Å². The number of hydrogen-bond donors (Lipinski definition) is 2. The average molecular weight is 364 g/mol. The molecule has 5 nitrogen and oxygen atoms in total. The lowest BCUT2D eigenvalue weighted by Crippen LogP contribution is -2.23. The third-order valence-corrected chi connectivity index (χ3v) is 5.84. The Bertz CT molecular complexity index is 1060. The summed E-state index contributed by atoms with van der Waals surface area (Å²) in [5, 5.41) is 7.71. The van der Waals surface area contributed by atoms with Gasteiger partial charge in [0.25, 0.3) is 5.52 Å². The standard InChI is InChI=1S/C20H17N3O2S/c1-11(24)21-8-7-14-17-16-13(12-4-2-3-5-15(12)23-17)6-9-22-18(16)19-20(14)26-10-25-19/h2-6,9,23H,7-8,10H2,1H3,(H,21,24)/p+1. The molecule has 3 aromatic rings. The lowest BCUT2D eigenvalue weighted by molar-refractivity contribution is -0.345. The SMILES string of the molecule is CC(=O)NCCc1c2c(c3[nH+]ccc4c3c1Nc1ccccc1-4)OCS2. The molecule has 1 aromatic heterocycles. The van der Waals surface area contributed by atoms with Crippen molar-refractivity contribution in [3.63, 3.8) is 0 Å². The normalized spacial score (nSPS) is 13.6. The van der Waals surface area contributed by atoms with E-state index in [1.807, 2.05) is 12.3 Å². The van der Waals surface area contributed by atoms with Gasteiger partial charge in [-0.25, -0.2) is 4.98 Å². The van der Waals surface area contributed by atoms with E-state index in [9.17, 15) is 4.79 Å². The first-order valence-corrected chi connectivity index (χ1v) is 9.62. The highest BCUT2D eigenvalue weighted by Gasteiger charge is 2.32. The van der Waals surface area contributed by atoms with Crippen LogP contribution < -0.4 is 20.4 Å². The van der Waals surface area contributed by atoms with Crippen LogP contribution >= 0.6 is 11.8 Å². The van der Waals surface area contributed by atoms with Crippen LogP contribution in [0.2, 0.25) is 0 Å². The minimum Gasteiger partial charge on any atom is -0.475 e. The first-order valence-electron chi connectivity index (χ1n) is 8.63. The quantitative estimate of drug-likeness (QED) is 0.584. The molecule has 0 aliphatic carbocycles. The second-order valence-electron chi connectivity index (χ2n) is 6.46. The van der Waals surface area contributed by atoms with Crippen molar-refractivity contribution >= 4 is 39.9 Å². The van der Waals surface area contributed by atoms with E-state index in [-0.39, 0.29) is 5.91 Å². The van der Waals surface area contributed by atoms with Crippen LogP contribution in [-0.4, -0.2) is 18.4 Å². The maximum absolute atomic E-state index is 11.3. The molecule has 1 amide bonds. The van der Waals surface area contributed by atoms with Gasteiger partial charge in [-0.05, 0) is 18.1 Å². The number of hydrogen-bond acceptors (Lipinski definition) is 4. The molecule has 0 spiro atoms. The molecule has 2 aliphatic heterocycles. The molecule has 26 heavy (non-hydrogen) atoms. The van der Waals surface area contributed by atoms with Crippen LogP contribution in [0.1, 0.15) is 12.5 Å². The van der Waals surface area contributed by atoms with Crippen molar-refractivity contribution in [3.05, 3.63) is 42.1 Å². The van der Waals surface area contributed by atoms with Crippen LogP contribution in [-0.2, 0) is 11.2 Å². The van der Waals surface area contributed by atoms with E-state index in [0.29, 0.717) is 12.5 Å². The molecule has 3 N–H and O–H groups in total. The van der Waals surface area contributed by atoms with Gasteiger partial charge in [-0.15, -0.1) is 0 Å². The molecule has 0 saturated heterocycles. The van der Waals surface area contributed by atoms with E-state index < -0.39 is 0 Å². The summed E-state index contributed by atoms with van der Waals surface area (Å²) >= 11 is 1.71. The van der Waals surface area contributed by atoms with Crippen LogP contribution in [0, 0.1) is 0 Å². The van der Waals surface area contributed by atoms with Crippen molar-refractivity contribution in [3.8, 4) is 16.9 Å². The Labute approximate surface area is 155 Å². The summed E-state index contributed by atoms with van der Waals surface area (Å²) in [4.78, 5) is 15.9. The number of aromatic nitrogens is 1. The Morgan fingerprint density at radius 1 is 1.31 bits per heavy atom. The molecule has 0 unspecified atom stereocenters. The molecule has 6 heteroatoms. The number of aromatic amines is 1. The van der Waals surface area contributed by atoms with Gasteiger partial charge in [-0.2, -0.15) is 0 Å². The van der Waals surface area contributed by atoms with Gasteiger partial charge in [-0.3, -0.25) is 4.79 Å². The van der Waals surface area contributed by atoms with Crippen molar-refractivity contribution in [2.24, 2.45) is 0 Å². The highest BCUT2D eigenvalue weighted by molar-refractivity contribution is 7.99. The summed E-state index contributed by atoms with van der Waals surface area (Å²) in [6.07, 6.45) is 2.74. The van der Waals surface area contributed by atoms with E-state index >= 15 is 0 Å². The summed E-state index contributed by atoms with van der Waals surface area (Å²) in [5.74, 6) is 1.54. The number of H-pyrrole nitrogens is 1. The lowest BCUT2D eigenvalue weighted by Gasteiger charge is -2.24. The number of carbonyl (C=O) groups excluding carboxylic acids is 1. The van der Waals surface area contributed by atoms with Crippen molar-refractivity contribution in [2.45, 2.75) is 18.2 Å². The number of fused-ring (bicyclic) bond motifs is 4. The van der Waals surface area contributed by atoms with E-state index in [1.54, 1.807) is 18.7 Å². The maximum atomic E-state index is 11.3. The Hall–Kier alpha value is -2.73. The smallest absolute Gasteiger partial charge is 0.257 e. The fourth-order valence-electron chi connectivity index (χ4n) is 3.82. The van der Waals surface area contributed by atoms with Gasteiger partial charge in [0.05, 0.1) is 16.0 Å². The second kappa shape index (κ2) is 5.92. The van der Waals surface area contributed by atoms with Gasteiger partial charge < -0.3 is 15.4 Å². The number of thioether (sulfide) groups is 1. The molecular formula is C20H18N3O2S+. The van der Waals surface area contributed by atoms with Gasteiger partial charge in [0.15, 0.2) is 6.20 Å². The number of rotatable bonds is 3. The molecule has 130 valence electrons. The number of amides is 1. The minimum atomic E-state index is -0.00712. The lowest BCUT2D eigenvalue weighted by atomic mass is 9.91. The Morgan fingerprint density at radius 2 is 2.19 bits per heavy atom. The van der Waals surface area contributed by atoms with E-state index in [2.05, 4.69) is 39.9 Å². The molecule has 0 fully saturated rings. The summed E-state index contributed by atoms with van der Waals surface area (Å²) in [6.45, 7) is 2.16. The fourth-order valence-corrected chi connectivity index (χ4v) is 4.78. The van der Waals surface area contributed by atoms with Gasteiger partial charge >= 0.3 is 0 Å². The highest BCUT2D eigenvalue weighted by Crippen LogP contribution is 2.52. The zero-order chi connectivity index (χ0) is 17.7. The van der Waals surface area contributed by atoms with Gasteiger partial charge in [0, 0.05) is 36.3 Å². The maximum Gasteiger partial charge on any atom is 0.257 e. The Kier molecular flexibility index (Phi) is 3.53. The molecule has 2 aliphatic rings. The Morgan fingerprint density at radius 3 is 3.08 bits per heavy atom. The van der Waals surface area contributed by atoms with Crippen LogP contribution in [0.25, 0.3) is 22.0 Å². The number of para-hydroxylation sites is 1. The van der Waals surface area contributed by atoms with Gasteiger partial charge in [0.1, 0.15) is 5.94 Å². The monoisotopic (exact) mass is 364 g/mol. The summed E-state index contributed by atoms with van der Waals surface area (Å²) in [5.41, 5.74) is 6.86. The zero-order valence-electron chi connectivity index (χ0n) is 14.3. The number of anilines is 2. The van der Waals surface area contributed by atoms with E-state index in [0.717, 1.165) is 39.3 Å². The van der Waals surface area contributed by atoms with Crippen molar-refractivity contribution < 1.29 is 14.5 Å². The van der Waals surface area contributed by atoms with Crippen molar-refractivity contribution in [1.82, 2.24) is 5.32 Å². The summed E-state index contributed by atoms with van der Waals surface area (Å²) < 4.78 is 5.96. The van der Waals surface area contributed by atoms with Gasteiger partial charge in [-0.1, -0.05) is 30.0 Å². The molecule has 0 saturated carbocycles. The van der Waals surface area contributed by atoms with Crippen LogP contribution in [0.4, 0.5) is 11.4 Å². The third kappa shape index (κ3) is 2.25. The molecule has 3 heterocycles. The molecule has 0 radical (unpaired) electrons. The van der Waals surface area contributed by atoms with Crippen molar-refractivity contribution in [2.75, 3.05) is 17.8 Å². The summed E-state index contributed by atoms with van der Waals surface area (Å²) in [7, 11) is 0. The number of benzene rings is 2.